The molecule has 2 heterocycles. The van der Waals surface area contributed by atoms with E-state index in [1.807, 2.05) is 35.7 Å². The van der Waals surface area contributed by atoms with Crippen molar-refractivity contribution in [3.8, 4) is 16.7 Å². The molecule has 0 N–H and O–H groups in total. The summed E-state index contributed by atoms with van der Waals surface area (Å²) in [7, 11) is 0. The Bertz CT molecular complexity index is 767. The summed E-state index contributed by atoms with van der Waals surface area (Å²) < 4.78 is 6.88. The molecule has 0 bridgehead atoms. The standard InChI is InChI=1S/C17H17N3O2S/c1-2-3-11-22-17-18-15(14-10-7-12-23-14)20(19-17)16(21)13-8-5-4-6-9-13/h4-10,12H,2-3,11H2,1H3. The maximum Gasteiger partial charge on any atom is 0.336 e. The maximum atomic E-state index is 12.7. The number of nitrogens with zero attached hydrogens (tertiary/aromatic N) is 3. The molecule has 3 aromatic rings. The Hall–Kier alpha value is -2.47. The molecule has 23 heavy (non-hydrogen) atoms. The molecule has 0 saturated carbocycles. The van der Waals surface area contributed by atoms with Crippen LogP contribution in [-0.4, -0.2) is 27.3 Å². The molecule has 0 atom stereocenters. The summed E-state index contributed by atoms with van der Waals surface area (Å²) in [6, 6.07) is 13.1. The number of ether oxygens (including phenoxy) is 1. The van der Waals surface area contributed by atoms with Crippen LogP contribution in [0, 0.1) is 0 Å². The van der Waals surface area contributed by atoms with Crippen molar-refractivity contribution < 1.29 is 9.53 Å². The van der Waals surface area contributed by atoms with Gasteiger partial charge in [-0.25, -0.2) is 0 Å². The lowest BCUT2D eigenvalue weighted by atomic mass is 10.2. The van der Waals surface area contributed by atoms with Gasteiger partial charge in [0.25, 0.3) is 5.91 Å². The van der Waals surface area contributed by atoms with Gasteiger partial charge in [0.2, 0.25) is 0 Å². The van der Waals surface area contributed by atoms with Gasteiger partial charge in [0.1, 0.15) is 0 Å². The second kappa shape index (κ2) is 7.19. The van der Waals surface area contributed by atoms with Crippen molar-refractivity contribution in [1.82, 2.24) is 14.8 Å². The van der Waals surface area contributed by atoms with E-state index in [1.165, 1.54) is 16.0 Å². The first-order valence-corrected chi connectivity index (χ1v) is 8.41. The van der Waals surface area contributed by atoms with E-state index in [-0.39, 0.29) is 11.9 Å². The minimum atomic E-state index is -0.216. The molecular formula is C17H17N3O2S. The van der Waals surface area contributed by atoms with Crippen molar-refractivity contribution in [3.05, 3.63) is 53.4 Å². The summed E-state index contributed by atoms with van der Waals surface area (Å²) >= 11 is 1.51. The van der Waals surface area contributed by atoms with Gasteiger partial charge in [-0.1, -0.05) is 37.6 Å². The molecule has 2 aromatic heterocycles. The third-order valence-electron chi connectivity index (χ3n) is 3.27. The van der Waals surface area contributed by atoms with E-state index in [0.717, 1.165) is 17.7 Å². The van der Waals surface area contributed by atoms with E-state index in [2.05, 4.69) is 17.0 Å². The van der Waals surface area contributed by atoms with Crippen LogP contribution in [0.1, 0.15) is 30.1 Å². The zero-order valence-corrected chi connectivity index (χ0v) is 13.6. The molecule has 0 saturated heterocycles. The van der Waals surface area contributed by atoms with Crippen LogP contribution < -0.4 is 4.74 Å². The summed E-state index contributed by atoms with van der Waals surface area (Å²) in [4.78, 5) is 18.0. The van der Waals surface area contributed by atoms with Gasteiger partial charge in [-0.3, -0.25) is 4.79 Å². The van der Waals surface area contributed by atoms with Crippen LogP contribution in [0.15, 0.2) is 47.8 Å². The first kappa shape index (κ1) is 15.4. The molecular weight excluding hydrogens is 310 g/mol. The Morgan fingerprint density at radius 3 is 2.74 bits per heavy atom. The van der Waals surface area contributed by atoms with Gasteiger partial charge in [0.15, 0.2) is 5.82 Å². The van der Waals surface area contributed by atoms with Crippen LogP contribution in [0.3, 0.4) is 0 Å². The monoisotopic (exact) mass is 327 g/mol. The van der Waals surface area contributed by atoms with Crippen LogP contribution in [0.2, 0.25) is 0 Å². The first-order valence-electron chi connectivity index (χ1n) is 7.53. The van der Waals surface area contributed by atoms with E-state index in [1.54, 1.807) is 12.1 Å². The highest BCUT2D eigenvalue weighted by Gasteiger charge is 2.20. The number of carbonyl (C=O) groups excluding carboxylic acids is 1. The van der Waals surface area contributed by atoms with Crippen molar-refractivity contribution in [2.75, 3.05) is 6.61 Å². The van der Waals surface area contributed by atoms with Gasteiger partial charge in [-0.15, -0.1) is 16.4 Å². The molecule has 0 unspecified atom stereocenters. The summed E-state index contributed by atoms with van der Waals surface area (Å²) in [5.41, 5.74) is 0.565. The minimum absolute atomic E-state index is 0.216. The lowest BCUT2D eigenvalue weighted by Crippen LogP contribution is -2.15. The van der Waals surface area contributed by atoms with E-state index >= 15 is 0 Å². The molecule has 1 aromatic carbocycles. The number of rotatable bonds is 6. The molecule has 0 amide bonds. The molecule has 5 nitrogen and oxygen atoms in total. The van der Waals surface area contributed by atoms with E-state index in [0.29, 0.717) is 18.0 Å². The van der Waals surface area contributed by atoms with Gasteiger partial charge >= 0.3 is 6.01 Å². The number of unbranched alkanes of at least 4 members (excludes halogenated alkanes) is 1. The molecule has 0 spiro atoms. The lowest BCUT2D eigenvalue weighted by Gasteiger charge is -2.02. The molecule has 3 rings (SSSR count). The highest BCUT2D eigenvalue weighted by Crippen LogP contribution is 2.25. The van der Waals surface area contributed by atoms with Gasteiger partial charge in [0.05, 0.1) is 11.5 Å². The summed E-state index contributed by atoms with van der Waals surface area (Å²) in [5, 5.41) is 6.20. The Morgan fingerprint density at radius 1 is 1.22 bits per heavy atom. The number of thiophene rings is 1. The highest BCUT2D eigenvalue weighted by molar-refractivity contribution is 7.13. The third kappa shape index (κ3) is 3.48. The fourth-order valence-electron chi connectivity index (χ4n) is 2.07. The third-order valence-corrected chi connectivity index (χ3v) is 4.14. The number of hydrogen-bond acceptors (Lipinski definition) is 5. The zero-order valence-electron chi connectivity index (χ0n) is 12.8. The largest absolute Gasteiger partial charge is 0.462 e. The summed E-state index contributed by atoms with van der Waals surface area (Å²) in [6.45, 7) is 2.63. The van der Waals surface area contributed by atoms with E-state index in [9.17, 15) is 4.79 Å². The van der Waals surface area contributed by atoms with Gasteiger partial charge in [0, 0.05) is 5.56 Å². The lowest BCUT2D eigenvalue weighted by molar-refractivity contribution is 0.0944. The normalized spacial score (nSPS) is 10.7. The maximum absolute atomic E-state index is 12.7. The number of aromatic nitrogens is 3. The molecule has 118 valence electrons. The molecule has 0 aliphatic rings. The van der Waals surface area contributed by atoms with E-state index in [4.69, 9.17) is 4.74 Å². The average Bonchev–Trinajstić information content (AvgIpc) is 3.24. The van der Waals surface area contributed by atoms with Crippen LogP contribution in [-0.2, 0) is 0 Å². The smallest absolute Gasteiger partial charge is 0.336 e. The average molecular weight is 327 g/mol. The Morgan fingerprint density at radius 2 is 2.04 bits per heavy atom. The van der Waals surface area contributed by atoms with Gasteiger partial charge in [-0.05, 0) is 30.0 Å². The fourth-order valence-corrected chi connectivity index (χ4v) is 2.77. The molecule has 0 aliphatic carbocycles. The molecule has 0 aliphatic heterocycles. The fraction of sp³-hybridized carbons (Fsp3) is 0.235. The Labute approximate surface area is 138 Å². The molecule has 0 fully saturated rings. The number of carbonyl (C=O) groups is 1. The van der Waals surface area contributed by atoms with Crippen molar-refractivity contribution in [1.29, 1.82) is 0 Å². The van der Waals surface area contributed by atoms with Crippen molar-refractivity contribution >= 4 is 17.2 Å². The number of benzene rings is 1. The highest BCUT2D eigenvalue weighted by atomic mass is 32.1. The second-order valence-corrected chi connectivity index (χ2v) is 5.93. The first-order chi connectivity index (χ1) is 11.3. The summed E-state index contributed by atoms with van der Waals surface area (Å²) in [5.74, 6) is 0.298. The van der Waals surface area contributed by atoms with Crippen molar-refractivity contribution in [2.45, 2.75) is 19.8 Å². The quantitative estimate of drug-likeness (QED) is 0.645. The predicted octanol–water partition coefficient (Wildman–Crippen LogP) is 3.87. The van der Waals surface area contributed by atoms with Crippen LogP contribution in [0.5, 0.6) is 6.01 Å². The van der Waals surface area contributed by atoms with Crippen LogP contribution >= 0.6 is 11.3 Å². The Balaban J connectivity index is 1.95. The zero-order chi connectivity index (χ0) is 16.1. The second-order valence-electron chi connectivity index (χ2n) is 4.98. The molecule has 6 heteroatoms. The van der Waals surface area contributed by atoms with Gasteiger partial charge in [-0.2, -0.15) is 9.67 Å². The van der Waals surface area contributed by atoms with Crippen molar-refractivity contribution in [2.24, 2.45) is 0 Å². The molecule has 0 radical (unpaired) electrons. The van der Waals surface area contributed by atoms with Crippen LogP contribution in [0.4, 0.5) is 0 Å². The Kier molecular flexibility index (Phi) is 4.83. The predicted molar refractivity (Wildman–Crippen MR) is 89.9 cm³/mol. The van der Waals surface area contributed by atoms with Gasteiger partial charge < -0.3 is 4.74 Å². The summed E-state index contributed by atoms with van der Waals surface area (Å²) in [6.07, 6.45) is 1.96. The topological polar surface area (TPSA) is 57.0 Å². The van der Waals surface area contributed by atoms with E-state index < -0.39 is 0 Å². The van der Waals surface area contributed by atoms with Crippen molar-refractivity contribution in [3.63, 3.8) is 0 Å². The van der Waals surface area contributed by atoms with Crippen LogP contribution in [0.25, 0.3) is 10.7 Å². The number of hydrogen-bond donors (Lipinski definition) is 0. The minimum Gasteiger partial charge on any atom is -0.462 e. The SMILES string of the molecule is CCCCOc1nc(-c2cccs2)n(C(=O)c2ccccc2)n1.